The largest absolute Gasteiger partial charge is 0.414 e. The number of fused-ring (bicyclic) bond motifs is 1. The Labute approximate surface area is 227 Å². The van der Waals surface area contributed by atoms with Gasteiger partial charge in [-0.2, -0.15) is 0 Å². The fraction of sp³-hybridized carbons (Fsp3) is 0.471. The minimum absolute atomic E-state index is 0.279. The average molecular weight is 530 g/mol. The number of hydrogen-bond donors (Lipinski definition) is 0. The Morgan fingerprint density at radius 1 is 0.811 bits per heavy atom. The van der Waals surface area contributed by atoms with Crippen molar-refractivity contribution in [2.45, 2.75) is 77.6 Å². The second kappa shape index (κ2) is 10.1. The van der Waals surface area contributed by atoms with Gasteiger partial charge < -0.3 is 4.43 Å². The van der Waals surface area contributed by atoms with Gasteiger partial charge in [0.05, 0.1) is 6.16 Å². The van der Waals surface area contributed by atoms with Crippen LogP contribution in [-0.4, -0.2) is 20.6 Å². The molecule has 3 aromatic carbocycles. The van der Waals surface area contributed by atoms with Gasteiger partial charge in [0.25, 0.3) is 0 Å². The molecule has 2 aliphatic rings. The van der Waals surface area contributed by atoms with E-state index in [0.29, 0.717) is 11.5 Å². The molecule has 0 amide bonds. The highest BCUT2D eigenvalue weighted by molar-refractivity contribution is 7.95. The lowest BCUT2D eigenvalue weighted by atomic mass is 9.99. The second-order valence-electron chi connectivity index (χ2n) is 13.3. The highest BCUT2D eigenvalue weighted by atomic mass is 31.2. The van der Waals surface area contributed by atoms with Crippen LogP contribution in [0.15, 0.2) is 91.0 Å². The molecule has 5 rings (SSSR count). The van der Waals surface area contributed by atoms with E-state index in [0.717, 1.165) is 11.8 Å². The van der Waals surface area contributed by atoms with Gasteiger partial charge in [0.15, 0.2) is 8.32 Å². The highest BCUT2D eigenvalue weighted by Crippen LogP contribution is 2.71. The molecule has 0 N–H and O–H groups in total. The molecule has 1 nitrogen and oxygen atoms in total. The third-order valence-corrected chi connectivity index (χ3v) is 19.2. The van der Waals surface area contributed by atoms with Gasteiger partial charge in [0.2, 0.25) is 0 Å². The molecule has 0 bridgehead atoms. The maximum absolute atomic E-state index is 7.01. The van der Waals surface area contributed by atoms with Gasteiger partial charge in [-0.15, -0.1) is 0 Å². The standard InChI is InChI=1S/C34H46OPSi/c1-33(2,3)37(5,6)35-31-24-25-34(4)30(32(31)34)23-16-26-36(27-17-10-7-11-18-27,28-19-12-8-13-20-28)29-21-14-9-15-22-29/h7-15,17-22,30-32H,16,23-26H2,1-6H3/q+1/t30-,31-,32+,34+/m0/s1. The molecule has 2 fully saturated rings. The van der Waals surface area contributed by atoms with Crippen LogP contribution in [0.3, 0.4) is 0 Å². The van der Waals surface area contributed by atoms with E-state index in [9.17, 15) is 0 Å². The van der Waals surface area contributed by atoms with Crippen molar-refractivity contribution >= 4 is 31.5 Å². The van der Waals surface area contributed by atoms with Gasteiger partial charge in [-0.25, -0.2) is 0 Å². The molecule has 4 atom stereocenters. The topological polar surface area (TPSA) is 9.23 Å². The van der Waals surface area contributed by atoms with E-state index in [-0.39, 0.29) is 5.04 Å². The Morgan fingerprint density at radius 3 is 1.70 bits per heavy atom. The average Bonchev–Trinajstić information content (AvgIpc) is 3.33. The molecular weight excluding hydrogens is 483 g/mol. The van der Waals surface area contributed by atoms with Crippen LogP contribution in [0.4, 0.5) is 0 Å². The van der Waals surface area contributed by atoms with Gasteiger partial charge in [-0.05, 0) is 97.5 Å². The van der Waals surface area contributed by atoms with Crippen LogP contribution in [0.25, 0.3) is 0 Å². The molecule has 0 aromatic heterocycles. The molecule has 0 radical (unpaired) electrons. The maximum Gasteiger partial charge on any atom is 0.192 e. The quantitative estimate of drug-likeness (QED) is 0.200. The number of benzene rings is 3. The molecule has 0 spiro atoms. The first-order valence-electron chi connectivity index (χ1n) is 14.3. The molecule has 0 aliphatic heterocycles. The van der Waals surface area contributed by atoms with Gasteiger partial charge in [-0.3, -0.25) is 0 Å². The van der Waals surface area contributed by atoms with Gasteiger partial charge in [-0.1, -0.05) is 82.3 Å². The van der Waals surface area contributed by atoms with E-state index in [4.69, 9.17) is 4.43 Å². The van der Waals surface area contributed by atoms with Crippen molar-refractivity contribution in [2.24, 2.45) is 17.3 Å². The summed E-state index contributed by atoms with van der Waals surface area (Å²) in [7, 11) is -3.46. The first-order valence-corrected chi connectivity index (χ1v) is 19.2. The molecule has 2 saturated carbocycles. The summed E-state index contributed by atoms with van der Waals surface area (Å²) in [5.41, 5.74) is 0.500. The third kappa shape index (κ3) is 4.91. The van der Waals surface area contributed by atoms with Crippen molar-refractivity contribution in [3.8, 4) is 0 Å². The van der Waals surface area contributed by atoms with E-state index in [1.165, 1.54) is 47.8 Å². The van der Waals surface area contributed by atoms with Crippen molar-refractivity contribution < 1.29 is 4.43 Å². The van der Waals surface area contributed by atoms with Crippen molar-refractivity contribution in [1.29, 1.82) is 0 Å². The highest BCUT2D eigenvalue weighted by Gasteiger charge is 2.67. The van der Waals surface area contributed by atoms with Crippen molar-refractivity contribution in [2.75, 3.05) is 6.16 Å². The molecular formula is C34H46OPSi+. The lowest BCUT2D eigenvalue weighted by molar-refractivity contribution is 0.156. The Hall–Kier alpha value is -1.73. The van der Waals surface area contributed by atoms with E-state index in [1.807, 2.05) is 0 Å². The Morgan fingerprint density at radius 2 is 1.27 bits per heavy atom. The summed E-state index contributed by atoms with van der Waals surface area (Å²) in [4.78, 5) is 0. The second-order valence-corrected chi connectivity index (χ2v) is 21.6. The molecule has 37 heavy (non-hydrogen) atoms. The summed E-state index contributed by atoms with van der Waals surface area (Å²) < 4.78 is 7.01. The molecule has 0 unspecified atom stereocenters. The van der Waals surface area contributed by atoms with E-state index in [1.54, 1.807) is 0 Å². The third-order valence-electron chi connectivity index (χ3n) is 10.2. The minimum atomic E-state index is -1.74. The smallest absolute Gasteiger partial charge is 0.192 e. The summed E-state index contributed by atoms with van der Waals surface area (Å²) in [6.45, 7) is 14.5. The van der Waals surface area contributed by atoms with Gasteiger partial charge in [0, 0.05) is 6.10 Å². The van der Waals surface area contributed by atoms with Crippen LogP contribution >= 0.6 is 7.26 Å². The predicted molar refractivity (Wildman–Crippen MR) is 166 cm³/mol. The van der Waals surface area contributed by atoms with Gasteiger partial charge >= 0.3 is 0 Å². The van der Waals surface area contributed by atoms with E-state index >= 15 is 0 Å². The summed E-state index contributed by atoms with van der Waals surface area (Å²) >= 11 is 0. The Bertz CT molecular complexity index is 1070. The zero-order chi connectivity index (χ0) is 26.3. The van der Waals surface area contributed by atoms with Crippen LogP contribution in [0.1, 0.15) is 53.4 Å². The maximum atomic E-state index is 7.01. The zero-order valence-corrected chi connectivity index (χ0v) is 25.7. The van der Waals surface area contributed by atoms with Crippen LogP contribution in [-0.2, 0) is 4.43 Å². The molecule has 0 saturated heterocycles. The van der Waals surface area contributed by atoms with E-state index in [2.05, 4.69) is 132 Å². The lowest BCUT2D eigenvalue weighted by Gasteiger charge is -2.39. The fourth-order valence-electron chi connectivity index (χ4n) is 7.00. The fourth-order valence-corrected chi connectivity index (χ4v) is 12.7. The first-order chi connectivity index (χ1) is 17.6. The van der Waals surface area contributed by atoms with Crippen molar-refractivity contribution in [3.63, 3.8) is 0 Å². The van der Waals surface area contributed by atoms with Crippen LogP contribution in [0.2, 0.25) is 18.1 Å². The summed E-state index contributed by atoms with van der Waals surface area (Å²) in [6, 6.07) is 34.1. The molecule has 3 aromatic rings. The molecule has 2 aliphatic carbocycles. The molecule has 196 valence electrons. The van der Waals surface area contributed by atoms with E-state index < -0.39 is 15.6 Å². The Balaban J connectivity index is 1.39. The summed E-state index contributed by atoms with van der Waals surface area (Å²) in [5.74, 6) is 1.58. The lowest BCUT2D eigenvalue weighted by Crippen LogP contribution is -2.44. The monoisotopic (exact) mass is 529 g/mol. The zero-order valence-electron chi connectivity index (χ0n) is 23.8. The van der Waals surface area contributed by atoms with Crippen molar-refractivity contribution in [1.82, 2.24) is 0 Å². The number of hydrogen-bond acceptors (Lipinski definition) is 1. The summed E-state index contributed by atoms with van der Waals surface area (Å²) in [5, 5.41) is 4.80. The first kappa shape index (κ1) is 26.9. The summed E-state index contributed by atoms with van der Waals surface area (Å²) in [6.07, 6.45) is 6.92. The Kier molecular flexibility index (Phi) is 7.33. The number of rotatable bonds is 9. The molecule has 3 heteroatoms. The van der Waals surface area contributed by atoms with Crippen LogP contribution < -0.4 is 15.9 Å². The van der Waals surface area contributed by atoms with Crippen LogP contribution in [0, 0.1) is 17.3 Å². The normalized spacial score (nSPS) is 25.6. The minimum Gasteiger partial charge on any atom is -0.414 e. The van der Waals surface area contributed by atoms with Crippen LogP contribution in [0.5, 0.6) is 0 Å². The van der Waals surface area contributed by atoms with Gasteiger partial charge in [0.1, 0.15) is 23.2 Å². The van der Waals surface area contributed by atoms with Crippen molar-refractivity contribution in [3.05, 3.63) is 91.0 Å². The SMILES string of the molecule is CC(C)(C)[Si](C)(C)O[C@H]1CC[C@@]2(C)[C@@H]1[C@@H]2CCC[P+](c1ccccc1)(c1ccccc1)c1ccccc1. The molecule has 0 heterocycles. The predicted octanol–water partition coefficient (Wildman–Crippen LogP) is 8.20.